The van der Waals surface area contributed by atoms with Crippen molar-refractivity contribution in [2.75, 3.05) is 6.54 Å². The van der Waals surface area contributed by atoms with Gasteiger partial charge in [0.05, 0.1) is 23.8 Å². The highest BCUT2D eigenvalue weighted by molar-refractivity contribution is 7.09. The third-order valence-electron chi connectivity index (χ3n) is 2.64. The Balaban J connectivity index is 1.95. The minimum atomic E-state index is 0.662. The summed E-state index contributed by atoms with van der Waals surface area (Å²) in [6.07, 6.45) is 3.87. The largest absolute Gasteiger partial charge is 0.328 e. The van der Waals surface area contributed by atoms with Crippen molar-refractivity contribution < 1.29 is 0 Å². The molecule has 0 radical (unpaired) electrons. The molecule has 18 heavy (non-hydrogen) atoms. The third kappa shape index (κ3) is 3.65. The van der Waals surface area contributed by atoms with Gasteiger partial charge in [-0.15, -0.1) is 11.3 Å². The van der Waals surface area contributed by atoms with Gasteiger partial charge in [-0.25, -0.2) is 9.97 Å². The van der Waals surface area contributed by atoms with Crippen LogP contribution < -0.4 is 5.32 Å². The van der Waals surface area contributed by atoms with Crippen molar-refractivity contribution >= 4 is 11.3 Å². The van der Waals surface area contributed by atoms with Gasteiger partial charge in [0.2, 0.25) is 0 Å². The molecule has 0 atom stereocenters. The van der Waals surface area contributed by atoms with E-state index >= 15 is 0 Å². The molecule has 1 N–H and O–H groups in total. The van der Waals surface area contributed by atoms with Gasteiger partial charge in [0, 0.05) is 17.8 Å². The lowest BCUT2D eigenvalue weighted by Gasteiger charge is -2.09. The lowest BCUT2D eigenvalue weighted by molar-refractivity contribution is 0.532. The van der Waals surface area contributed by atoms with Gasteiger partial charge in [-0.3, -0.25) is 0 Å². The number of aryl methyl sites for hydroxylation is 1. The first kappa shape index (κ1) is 13.2. The van der Waals surface area contributed by atoms with Gasteiger partial charge in [0.1, 0.15) is 5.82 Å². The second-order valence-electron chi connectivity index (χ2n) is 4.85. The topological polar surface area (TPSA) is 42.7 Å². The summed E-state index contributed by atoms with van der Waals surface area (Å²) in [6, 6.07) is 0. The van der Waals surface area contributed by atoms with Crippen molar-refractivity contribution in [3.63, 3.8) is 0 Å². The molecule has 4 nitrogen and oxygen atoms in total. The zero-order chi connectivity index (χ0) is 13.0. The summed E-state index contributed by atoms with van der Waals surface area (Å²) in [4.78, 5) is 8.88. The Hall–Kier alpha value is -1.20. The van der Waals surface area contributed by atoms with Crippen molar-refractivity contribution in [1.82, 2.24) is 19.9 Å². The van der Waals surface area contributed by atoms with Crippen LogP contribution in [0.5, 0.6) is 0 Å². The zero-order valence-corrected chi connectivity index (χ0v) is 12.0. The summed E-state index contributed by atoms with van der Waals surface area (Å²) in [7, 11) is 0. The molecule has 0 aliphatic carbocycles. The van der Waals surface area contributed by atoms with Crippen molar-refractivity contribution in [3.05, 3.63) is 34.3 Å². The van der Waals surface area contributed by atoms with Crippen LogP contribution in [-0.4, -0.2) is 21.1 Å². The number of hydrogen-bond acceptors (Lipinski definition) is 4. The highest BCUT2D eigenvalue weighted by atomic mass is 32.1. The van der Waals surface area contributed by atoms with Crippen LogP contribution in [0.25, 0.3) is 0 Å². The fourth-order valence-electron chi connectivity index (χ4n) is 1.78. The van der Waals surface area contributed by atoms with Crippen LogP contribution >= 0.6 is 11.3 Å². The lowest BCUT2D eigenvalue weighted by Crippen LogP contribution is -2.21. The molecule has 0 saturated carbocycles. The Bertz CT molecular complexity index is 487. The molecule has 0 bridgehead atoms. The van der Waals surface area contributed by atoms with E-state index in [9.17, 15) is 0 Å². The fraction of sp³-hybridized carbons (Fsp3) is 0.538. The number of rotatable bonds is 6. The van der Waals surface area contributed by atoms with Crippen LogP contribution in [0.4, 0.5) is 0 Å². The van der Waals surface area contributed by atoms with Crippen LogP contribution in [-0.2, 0) is 13.1 Å². The highest BCUT2D eigenvalue weighted by Gasteiger charge is 2.05. The minimum Gasteiger partial charge on any atom is -0.328 e. The van der Waals surface area contributed by atoms with E-state index in [1.165, 1.54) is 0 Å². The molecule has 0 amide bonds. The third-order valence-corrected chi connectivity index (χ3v) is 3.46. The fourth-order valence-corrected chi connectivity index (χ4v) is 2.38. The van der Waals surface area contributed by atoms with Crippen LogP contribution in [0.3, 0.4) is 0 Å². The summed E-state index contributed by atoms with van der Waals surface area (Å²) in [6.45, 7) is 9.09. The monoisotopic (exact) mass is 264 g/mol. The van der Waals surface area contributed by atoms with Crippen LogP contribution in [0, 0.1) is 12.8 Å². The minimum absolute atomic E-state index is 0.662. The first-order chi connectivity index (χ1) is 8.65. The van der Waals surface area contributed by atoms with E-state index in [1.54, 1.807) is 11.3 Å². The Labute approximate surface area is 112 Å². The number of imidazole rings is 1. The van der Waals surface area contributed by atoms with Crippen LogP contribution in [0.15, 0.2) is 17.8 Å². The summed E-state index contributed by atoms with van der Waals surface area (Å²) >= 11 is 1.69. The van der Waals surface area contributed by atoms with E-state index in [1.807, 2.05) is 19.3 Å². The number of hydrogen-bond donors (Lipinski definition) is 1. The first-order valence-electron chi connectivity index (χ1n) is 6.27. The van der Waals surface area contributed by atoms with Gasteiger partial charge in [-0.1, -0.05) is 13.8 Å². The second-order valence-corrected chi connectivity index (χ2v) is 5.92. The molecule has 2 aromatic rings. The Morgan fingerprint density at radius 1 is 1.44 bits per heavy atom. The molecular formula is C13H20N4S. The molecule has 98 valence electrons. The molecule has 2 rings (SSSR count). The molecule has 5 heteroatoms. The summed E-state index contributed by atoms with van der Waals surface area (Å²) in [5.41, 5.74) is 1.11. The normalized spacial score (nSPS) is 11.3. The first-order valence-corrected chi connectivity index (χ1v) is 7.15. The van der Waals surface area contributed by atoms with Gasteiger partial charge in [-0.2, -0.15) is 0 Å². The SMILES string of the molecule is Cc1nc(Cn2ccnc2CNCC(C)C)cs1. The number of nitrogens with one attached hydrogen (secondary N) is 1. The smallest absolute Gasteiger partial charge is 0.123 e. The van der Waals surface area contributed by atoms with Gasteiger partial charge in [0.25, 0.3) is 0 Å². The van der Waals surface area contributed by atoms with Gasteiger partial charge < -0.3 is 9.88 Å². The number of thiazole rings is 1. The maximum Gasteiger partial charge on any atom is 0.123 e. The average molecular weight is 264 g/mol. The van der Waals surface area contributed by atoms with Crippen molar-refractivity contribution in [2.24, 2.45) is 5.92 Å². The molecule has 0 saturated heterocycles. The molecule has 2 heterocycles. The van der Waals surface area contributed by atoms with Gasteiger partial charge in [0.15, 0.2) is 0 Å². The van der Waals surface area contributed by atoms with Crippen molar-refractivity contribution in [3.8, 4) is 0 Å². The zero-order valence-electron chi connectivity index (χ0n) is 11.2. The highest BCUT2D eigenvalue weighted by Crippen LogP contribution is 2.10. The van der Waals surface area contributed by atoms with E-state index in [0.29, 0.717) is 5.92 Å². The van der Waals surface area contributed by atoms with Crippen molar-refractivity contribution in [2.45, 2.75) is 33.9 Å². The summed E-state index contributed by atoms with van der Waals surface area (Å²) in [5, 5.41) is 6.64. The molecular weight excluding hydrogens is 244 g/mol. The lowest BCUT2D eigenvalue weighted by atomic mass is 10.2. The molecule has 0 aliphatic rings. The number of aromatic nitrogens is 3. The number of nitrogens with zero attached hydrogens (tertiary/aromatic N) is 3. The summed E-state index contributed by atoms with van der Waals surface area (Å²) in [5.74, 6) is 1.73. The molecule has 0 spiro atoms. The molecule has 0 unspecified atom stereocenters. The standard InChI is InChI=1S/C13H20N4S/c1-10(2)6-14-7-13-15-4-5-17(13)8-12-9-18-11(3)16-12/h4-5,9-10,14H,6-8H2,1-3H3. The predicted molar refractivity (Wildman–Crippen MR) is 74.7 cm³/mol. The average Bonchev–Trinajstić information content (AvgIpc) is 2.89. The Morgan fingerprint density at radius 3 is 2.94 bits per heavy atom. The molecule has 0 aromatic carbocycles. The molecule has 0 aliphatic heterocycles. The quantitative estimate of drug-likeness (QED) is 0.871. The maximum atomic E-state index is 4.48. The Kier molecular flexibility index (Phi) is 4.49. The van der Waals surface area contributed by atoms with Gasteiger partial charge >= 0.3 is 0 Å². The predicted octanol–water partition coefficient (Wildman–Crippen LogP) is 2.44. The Morgan fingerprint density at radius 2 is 2.28 bits per heavy atom. The van der Waals surface area contributed by atoms with E-state index in [-0.39, 0.29) is 0 Å². The van der Waals surface area contributed by atoms with Gasteiger partial charge in [-0.05, 0) is 19.4 Å². The molecule has 0 fully saturated rings. The van der Waals surface area contributed by atoms with Crippen LogP contribution in [0.2, 0.25) is 0 Å². The second kappa shape index (κ2) is 6.11. The summed E-state index contributed by atoms with van der Waals surface area (Å²) < 4.78 is 2.15. The van der Waals surface area contributed by atoms with E-state index in [0.717, 1.165) is 36.2 Å². The van der Waals surface area contributed by atoms with E-state index in [2.05, 4.69) is 39.1 Å². The molecule has 2 aromatic heterocycles. The van der Waals surface area contributed by atoms with E-state index < -0.39 is 0 Å². The maximum absolute atomic E-state index is 4.48. The van der Waals surface area contributed by atoms with Crippen molar-refractivity contribution in [1.29, 1.82) is 0 Å². The van der Waals surface area contributed by atoms with E-state index in [4.69, 9.17) is 0 Å². The van der Waals surface area contributed by atoms with Crippen LogP contribution in [0.1, 0.15) is 30.4 Å².